The van der Waals surface area contributed by atoms with Gasteiger partial charge in [-0.25, -0.2) is 0 Å². The topological polar surface area (TPSA) is 38.0 Å². The van der Waals surface area contributed by atoms with Crippen LogP contribution in [-0.2, 0) is 12.7 Å². The summed E-state index contributed by atoms with van der Waals surface area (Å²) in [4.78, 5) is 0. The predicted molar refractivity (Wildman–Crippen MR) is 111 cm³/mol. The molecule has 1 saturated carbocycles. The van der Waals surface area contributed by atoms with E-state index in [2.05, 4.69) is 56.1 Å². The molecule has 134 valence electrons. The lowest BCUT2D eigenvalue weighted by molar-refractivity contribution is 0.316. The minimum Gasteiger partial charge on any atom is -0.396 e. The van der Waals surface area contributed by atoms with Crippen molar-refractivity contribution in [3.63, 3.8) is 0 Å². The minimum absolute atomic E-state index is 0.435. The molecule has 1 fully saturated rings. The predicted octanol–water partition coefficient (Wildman–Crippen LogP) is 4.33. The van der Waals surface area contributed by atoms with Gasteiger partial charge >= 0.3 is 0 Å². The molecule has 2 nitrogen and oxygen atoms in total. The third-order valence-corrected chi connectivity index (χ3v) is 6.18. The van der Waals surface area contributed by atoms with Crippen LogP contribution < -0.4 is 11.1 Å². The van der Waals surface area contributed by atoms with E-state index in [0.29, 0.717) is 18.7 Å². The van der Waals surface area contributed by atoms with Crippen molar-refractivity contribution in [2.24, 2.45) is 11.7 Å². The Bertz CT molecular complexity index is 629. The van der Waals surface area contributed by atoms with Crippen molar-refractivity contribution in [3.8, 4) is 0 Å². The van der Waals surface area contributed by atoms with Gasteiger partial charge in [0, 0.05) is 12.0 Å². The van der Waals surface area contributed by atoms with E-state index < -0.39 is 0 Å². The first-order valence-electron chi connectivity index (χ1n) is 10.0. The van der Waals surface area contributed by atoms with Gasteiger partial charge in [-0.1, -0.05) is 55.6 Å². The molecule has 1 aliphatic carbocycles. The van der Waals surface area contributed by atoms with Crippen molar-refractivity contribution >= 4 is 12.3 Å². The summed E-state index contributed by atoms with van der Waals surface area (Å²) in [6, 6.07) is 7.06. The molecule has 3 N–H and O–H groups in total. The van der Waals surface area contributed by atoms with E-state index in [1.165, 1.54) is 54.4 Å². The van der Waals surface area contributed by atoms with E-state index in [4.69, 9.17) is 5.73 Å². The molecule has 3 aliphatic rings. The molecule has 0 radical (unpaired) electrons. The summed E-state index contributed by atoms with van der Waals surface area (Å²) < 4.78 is 0. The first-order chi connectivity index (χ1) is 12.1. The number of allylic oxidation sites excluding steroid dienone is 1. The number of fused-ring (bicyclic) bond motifs is 2. The lowest BCUT2D eigenvalue weighted by Crippen LogP contribution is -2.42. The van der Waals surface area contributed by atoms with E-state index >= 15 is 0 Å². The van der Waals surface area contributed by atoms with Crippen LogP contribution in [0.4, 0.5) is 0 Å². The van der Waals surface area contributed by atoms with Crippen LogP contribution in [0, 0.1) is 5.92 Å². The number of hydrogen-bond acceptors (Lipinski definition) is 2. The zero-order chi connectivity index (χ0) is 17.8. The summed E-state index contributed by atoms with van der Waals surface area (Å²) >= 11 is 0. The maximum Gasteiger partial charge on any atom is 0.198 e. The van der Waals surface area contributed by atoms with Gasteiger partial charge in [-0.3, -0.25) is 0 Å². The maximum absolute atomic E-state index is 5.77. The fourth-order valence-corrected chi connectivity index (χ4v) is 4.58. The molecule has 25 heavy (non-hydrogen) atoms. The highest BCUT2D eigenvalue weighted by atomic mass is 14.9. The van der Waals surface area contributed by atoms with Crippen LogP contribution >= 0.6 is 0 Å². The lowest BCUT2D eigenvalue weighted by atomic mass is 9.39. The molecule has 0 saturated heterocycles. The van der Waals surface area contributed by atoms with Gasteiger partial charge in [0.05, 0.1) is 0 Å². The standard InChI is InChI=1S/C14H16BN.C8H17N/c1-10(2)12-5-3-4-11-8-14-15(6-7-16-14)9-13(11)12;1-7(9)8-5-3-2-4-6-8/h3-7,14,16H,1,8-9H2,2H3;7-8H,2-6,9H2,1H3. The third kappa shape index (κ3) is 4.38. The van der Waals surface area contributed by atoms with Crippen LogP contribution in [0.25, 0.3) is 5.57 Å². The Kier molecular flexibility index (Phi) is 6.06. The Morgan fingerprint density at radius 2 is 2.04 bits per heavy atom. The Labute approximate surface area is 154 Å². The first-order valence-corrected chi connectivity index (χ1v) is 10.0. The molecule has 1 aromatic carbocycles. The largest absolute Gasteiger partial charge is 0.396 e. The van der Waals surface area contributed by atoms with Crippen LogP contribution in [0.2, 0.25) is 0 Å². The molecule has 4 rings (SSSR count). The zero-order valence-corrected chi connectivity index (χ0v) is 15.9. The van der Waals surface area contributed by atoms with Crippen LogP contribution in [0.15, 0.2) is 37.0 Å². The van der Waals surface area contributed by atoms with Gasteiger partial charge in [-0.05, 0) is 68.2 Å². The molecule has 2 aliphatic heterocycles. The molecular formula is C22H33BN2. The van der Waals surface area contributed by atoms with E-state index in [1.807, 2.05) is 0 Å². The van der Waals surface area contributed by atoms with Crippen molar-refractivity contribution in [1.29, 1.82) is 0 Å². The van der Waals surface area contributed by atoms with Crippen molar-refractivity contribution in [2.75, 3.05) is 0 Å². The quantitative estimate of drug-likeness (QED) is 0.789. The SMILES string of the molecule is C=C(C)c1cccc2c1CB1C=CNC1C2.CC(N)C1CCCCC1. The normalized spacial score (nSPS) is 23.0. The average molecular weight is 336 g/mol. The Morgan fingerprint density at radius 1 is 1.28 bits per heavy atom. The van der Waals surface area contributed by atoms with Gasteiger partial charge in [-0.15, -0.1) is 0 Å². The number of hydrogen-bond donors (Lipinski definition) is 2. The van der Waals surface area contributed by atoms with Crippen LogP contribution in [0.1, 0.15) is 62.6 Å². The fourth-order valence-electron chi connectivity index (χ4n) is 4.58. The van der Waals surface area contributed by atoms with Crippen molar-refractivity contribution in [1.82, 2.24) is 5.32 Å². The second kappa shape index (κ2) is 8.27. The monoisotopic (exact) mass is 336 g/mol. The van der Waals surface area contributed by atoms with Crippen molar-refractivity contribution < 1.29 is 0 Å². The highest BCUT2D eigenvalue weighted by molar-refractivity contribution is 6.66. The second-order valence-corrected chi connectivity index (χ2v) is 8.19. The molecule has 1 aromatic rings. The minimum atomic E-state index is 0.435. The number of rotatable bonds is 2. The van der Waals surface area contributed by atoms with E-state index in [-0.39, 0.29) is 0 Å². The molecule has 0 spiro atoms. The van der Waals surface area contributed by atoms with Gasteiger partial charge < -0.3 is 11.1 Å². The molecule has 0 amide bonds. The molecule has 2 heterocycles. The molecular weight excluding hydrogens is 303 g/mol. The maximum atomic E-state index is 5.77. The summed E-state index contributed by atoms with van der Waals surface area (Å²) in [6.07, 6.45) is 11.4. The summed E-state index contributed by atoms with van der Waals surface area (Å²) in [6.45, 7) is 9.00. The van der Waals surface area contributed by atoms with Gasteiger partial charge in [0.15, 0.2) is 6.71 Å². The molecule has 3 heteroatoms. The average Bonchev–Trinajstić information content (AvgIpc) is 3.07. The van der Waals surface area contributed by atoms with E-state index in [1.54, 1.807) is 0 Å². The zero-order valence-electron chi connectivity index (χ0n) is 15.9. The number of benzene rings is 1. The lowest BCUT2D eigenvalue weighted by Gasteiger charge is -2.27. The summed E-state index contributed by atoms with van der Waals surface area (Å²) in [5.41, 5.74) is 11.3. The molecule has 0 aromatic heterocycles. The van der Waals surface area contributed by atoms with Crippen LogP contribution in [-0.4, -0.2) is 18.7 Å². The van der Waals surface area contributed by atoms with E-state index in [0.717, 1.165) is 18.7 Å². The van der Waals surface area contributed by atoms with Crippen LogP contribution in [0.3, 0.4) is 0 Å². The number of nitrogens with one attached hydrogen (secondary N) is 1. The number of nitrogens with two attached hydrogens (primary N) is 1. The van der Waals surface area contributed by atoms with Gasteiger partial charge in [0.2, 0.25) is 0 Å². The summed E-state index contributed by atoms with van der Waals surface area (Å²) in [7, 11) is 0. The Balaban J connectivity index is 0.000000173. The fraction of sp³-hybridized carbons (Fsp3) is 0.545. The van der Waals surface area contributed by atoms with Crippen molar-refractivity contribution in [3.05, 3.63) is 53.6 Å². The van der Waals surface area contributed by atoms with Gasteiger partial charge in [0.1, 0.15) is 0 Å². The van der Waals surface area contributed by atoms with E-state index in [9.17, 15) is 0 Å². The second-order valence-electron chi connectivity index (χ2n) is 8.19. The van der Waals surface area contributed by atoms with Gasteiger partial charge in [-0.2, -0.15) is 0 Å². The van der Waals surface area contributed by atoms with Crippen LogP contribution in [0.5, 0.6) is 0 Å². The Morgan fingerprint density at radius 3 is 2.68 bits per heavy atom. The highest BCUT2D eigenvalue weighted by Crippen LogP contribution is 2.29. The first kappa shape index (κ1) is 18.3. The molecule has 2 unspecified atom stereocenters. The Hall–Kier alpha value is -1.48. The van der Waals surface area contributed by atoms with Gasteiger partial charge in [0.25, 0.3) is 0 Å². The van der Waals surface area contributed by atoms with Crippen molar-refractivity contribution in [2.45, 2.75) is 70.7 Å². The molecule has 0 bridgehead atoms. The molecule has 2 atom stereocenters. The third-order valence-electron chi connectivity index (χ3n) is 6.18. The summed E-state index contributed by atoms with van der Waals surface area (Å²) in [5.74, 6) is 3.76. The highest BCUT2D eigenvalue weighted by Gasteiger charge is 2.32. The summed E-state index contributed by atoms with van der Waals surface area (Å²) in [5, 5.41) is 3.45. The smallest absolute Gasteiger partial charge is 0.198 e.